The van der Waals surface area contributed by atoms with Crippen LogP contribution in [-0.4, -0.2) is 36.5 Å². The summed E-state index contributed by atoms with van der Waals surface area (Å²) in [6.45, 7) is 15.9. The number of carbonyl (C=O) groups is 1. The number of hydrogen-bond donors (Lipinski definition) is 1. The third kappa shape index (κ3) is 12.7. The zero-order valence-electron chi connectivity index (χ0n) is 21.2. The lowest BCUT2D eigenvalue weighted by atomic mass is 10.0. The maximum atomic E-state index is 12.5. The van der Waals surface area contributed by atoms with Crippen LogP contribution in [0.1, 0.15) is 99.3 Å². The van der Waals surface area contributed by atoms with Crippen molar-refractivity contribution in [2.24, 2.45) is 0 Å². The van der Waals surface area contributed by atoms with Gasteiger partial charge >= 0.3 is 0 Å². The molecule has 0 saturated carbocycles. The molecule has 0 aliphatic carbocycles. The summed E-state index contributed by atoms with van der Waals surface area (Å²) in [5, 5.41) is 3.39. The first-order chi connectivity index (χ1) is 14.8. The second kappa shape index (κ2) is 16.1. The van der Waals surface area contributed by atoms with Gasteiger partial charge in [0.05, 0.1) is 0 Å². The fourth-order valence-electron chi connectivity index (χ4n) is 4.03. The van der Waals surface area contributed by atoms with E-state index in [4.69, 9.17) is 0 Å². The Hall–Kier alpha value is -1.61. The lowest BCUT2D eigenvalue weighted by Gasteiger charge is -2.35. The molecule has 1 heterocycles. The molecule has 1 saturated heterocycles. The molecule has 0 bridgehead atoms. The summed E-state index contributed by atoms with van der Waals surface area (Å²) in [5.41, 5.74) is 5.80. The maximum absolute atomic E-state index is 12.5. The third-order valence-electron chi connectivity index (χ3n) is 6.15. The second-order valence-electron chi connectivity index (χ2n) is 9.44. The van der Waals surface area contributed by atoms with Gasteiger partial charge < -0.3 is 10.2 Å². The Bertz CT molecular complexity index is 650. The van der Waals surface area contributed by atoms with Crippen molar-refractivity contribution in [1.29, 1.82) is 0 Å². The first-order valence-electron chi connectivity index (χ1n) is 12.4. The van der Waals surface area contributed by atoms with Crippen molar-refractivity contribution in [3.63, 3.8) is 0 Å². The van der Waals surface area contributed by atoms with E-state index in [2.05, 4.69) is 76.1 Å². The van der Waals surface area contributed by atoms with Crippen LogP contribution in [0, 0.1) is 0 Å². The van der Waals surface area contributed by atoms with Crippen molar-refractivity contribution in [1.82, 2.24) is 10.2 Å². The highest BCUT2D eigenvalue weighted by Crippen LogP contribution is 2.15. The van der Waals surface area contributed by atoms with E-state index >= 15 is 0 Å². The molecule has 1 N–H and O–H groups in total. The Morgan fingerprint density at radius 1 is 0.806 bits per heavy atom. The molecule has 1 fully saturated rings. The zero-order chi connectivity index (χ0) is 23.1. The maximum Gasteiger partial charge on any atom is 0.223 e. The second-order valence-corrected chi connectivity index (χ2v) is 9.44. The van der Waals surface area contributed by atoms with Gasteiger partial charge in [-0.2, -0.15) is 0 Å². The Morgan fingerprint density at radius 3 is 1.77 bits per heavy atom. The molecule has 1 aliphatic heterocycles. The molecular formula is C28H48N2O. The minimum absolute atomic E-state index is 0.317. The van der Waals surface area contributed by atoms with Crippen LogP contribution in [0.2, 0.25) is 0 Å². The van der Waals surface area contributed by atoms with Gasteiger partial charge in [0.15, 0.2) is 0 Å². The van der Waals surface area contributed by atoms with Crippen molar-refractivity contribution >= 4 is 5.91 Å². The van der Waals surface area contributed by atoms with Crippen LogP contribution in [0.25, 0.3) is 0 Å². The number of piperazine rings is 1. The van der Waals surface area contributed by atoms with Gasteiger partial charge in [-0.1, -0.05) is 53.5 Å². The Labute approximate surface area is 192 Å². The lowest BCUT2D eigenvalue weighted by Crippen LogP contribution is -2.53. The summed E-state index contributed by atoms with van der Waals surface area (Å²) in [7, 11) is 0. The van der Waals surface area contributed by atoms with Crippen LogP contribution in [0.15, 0.2) is 46.6 Å². The summed E-state index contributed by atoms with van der Waals surface area (Å²) < 4.78 is 0. The molecule has 3 nitrogen and oxygen atoms in total. The number of hydrogen-bond acceptors (Lipinski definition) is 2. The summed E-state index contributed by atoms with van der Waals surface area (Å²) in [6.07, 6.45) is 18.7. The van der Waals surface area contributed by atoms with Crippen molar-refractivity contribution in [2.75, 3.05) is 19.6 Å². The summed E-state index contributed by atoms with van der Waals surface area (Å²) in [5.74, 6) is 0.317. The number of allylic oxidation sites excluding steroid dienone is 8. The monoisotopic (exact) mass is 428 g/mol. The highest BCUT2D eigenvalue weighted by Gasteiger charge is 2.24. The molecule has 1 aliphatic rings. The summed E-state index contributed by atoms with van der Waals surface area (Å²) >= 11 is 0. The van der Waals surface area contributed by atoms with E-state index in [0.717, 1.165) is 64.6 Å². The van der Waals surface area contributed by atoms with Crippen LogP contribution < -0.4 is 5.32 Å². The highest BCUT2D eigenvalue weighted by atomic mass is 16.2. The summed E-state index contributed by atoms with van der Waals surface area (Å²) in [4.78, 5) is 14.6. The normalized spacial score (nSPS) is 18.3. The van der Waals surface area contributed by atoms with Crippen LogP contribution >= 0.6 is 0 Å². The van der Waals surface area contributed by atoms with Gasteiger partial charge in [-0.15, -0.1) is 0 Å². The minimum Gasteiger partial charge on any atom is -0.337 e. The molecule has 0 radical (unpaired) electrons. The number of nitrogens with one attached hydrogen (secondary N) is 1. The van der Waals surface area contributed by atoms with Crippen molar-refractivity contribution in [2.45, 2.75) is 105 Å². The van der Waals surface area contributed by atoms with Gasteiger partial charge in [0.2, 0.25) is 5.91 Å². The van der Waals surface area contributed by atoms with Gasteiger partial charge in [0.1, 0.15) is 0 Å². The molecule has 1 unspecified atom stereocenters. The Morgan fingerprint density at radius 2 is 1.29 bits per heavy atom. The van der Waals surface area contributed by atoms with E-state index in [-0.39, 0.29) is 0 Å². The molecule has 31 heavy (non-hydrogen) atoms. The molecular weight excluding hydrogens is 380 g/mol. The Kier molecular flexibility index (Phi) is 14.2. The Balaban J connectivity index is 2.26. The van der Waals surface area contributed by atoms with E-state index in [0.29, 0.717) is 18.4 Å². The quantitative estimate of drug-likeness (QED) is 0.317. The average Bonchev–Trinajstić information content (AvgIpc) is 2.73. The van der Waals surface area contributed by atoms with Gasteiger partial charge in [0.25, 0.3) is 0 Å². The molecule has 1 rings (SSSR count). The fourth-order valence-corrected chi connectivity index (χ4v) is 4.03. The van der Waals surface area contributed by atoms with E-state index < -0.39 is 0 Å². The fraction of sp³-hybridized carbons (Fsp3) is 0.679. The SMILES string of the molecule is CCC1CNCCN1C(=O)CCC=C(C)CCC=C(C)CCC=C(C)CCC=C(C)C. The lowest BCUT2D eigenvalue weighted by molar-refractivity contribution is -0.134. The molecule has 3 heteroatoms. The van der Waals surface area contributed by atoms with E-state index in [1.807, 2.05) is 0 Å². The van der Waals surface area contributed by atoms with Gasteiger partial charge in [-0.25, -0.2) is 0 Å². The van der Waals surface area contributed by atoms with Crippen LogP contribution in [0.3, 0.4) is 0 Å². The molecule has 0 aromatic carbocycles. The van der Waals surface area contributed by atoms with E-state index in [1.54, 1.807) is 0 Å². The number of nitrogens with zero attached hydrogens (tertiary/aromatic N) is 1. The first-order valence-corrected chi connectivity index (χ1v) is 12.4. The van der Waals surface area contributed by atoms with E-state index in [9.17, 15) is 4.79 Å². The van der Waals surface area contributed by atoms with Crippen molar-refractivity contribution < 1.29 is 4.79 Å². The molecule has 1 amide bonds. The van der Waals surface area contributed by atoms with Gasteiger partial charge in [-0.3, -0.25) is 4.79 Å². The zero-order valence-corrected chi connectivity index (χ0v) is 21.2. The predicted octanol–water partition coefficient (Wildman–Crippen LogP) is 7.12. The topological polar surface area (TPSA) is 32.3 Å². The van der Waals surface area contributed by atoms with Crippen LogP contribution in [-0.2, 0) is 4.79 Å². The third-order valence-corrected chi connectivity index (χ3v) is 6.15. The smallest absolute Gasteiger partial charge is 0.223 e. The summed E-state index contributed by atoms with van der Waals surface area (Å²) in [6, 6.07) is 0.371. The molecule has 0 aromatic rings. The van der Waals surface area contributed by atoms with Crippen LogP contribution in [0.4, 0.5) is 0 Å². The van der Waals surface area contributed by atoms with Gasteiger partial charge in [-0.05, 0) is 86.0 Å². The molecule has 176 valence electrons. The number of carbonyl (C=O) groups excluding carboxylic acids is 1. The minimum atomic E-state index is 0.317. The molecule has 0 spiro atoms. The van der Waals surface area contributed by atoms with Crippen molar-refractivity contribution in [3.8, 4) is 0 Å². The molecule has 0 aromatic heterocycles. The van der Waals surface area contributed by atoms with Gasteiger partial charge in [0, 0.05) is 32.1 Å². The predicted molar refractivity (Wildman–Crippen MR) is 136 cm³/mol. The van der Waals surface area contributed by atoms with Crippen LogP contribution in [0.5, 0.6) is 0 Å². The molecule has 1 atom stereocenters. The largest absolute Gasteiger partial charge is 0.337 e. The van der Waals surface area contributed by atoms with E-state index in [1.165, 1.54) is 28.7 Å². The highest BCUT2D eigenvalue weighted by molar-refractivity contribution is 5.76. The van der Waals surface area contributed by atoms with Crippen molar-refractivity contribution in [3.05, 3.63) is 46.6 Å². The standard InChI is InChI=1S/C28H48N2O/c1-7-27-22-29-20-21-30(27)28(31)19-11-18-26(6)17-10-16-25(5)15-9-14-24(4)13-8-12-23(2)3/h12,14,16,18,27,29H,7-11,13,15,17,19-22H2,1-6H3. The number of rotatable bonds is 13. The average molecular weight is 429 g/mol. The number of amides is 1. The first kappa shape index (κ1) is 27.4.